The highest BCUT2D eigenvalue weighted by Crippen LogP contribution is 2.10. The van der Waals surface area contributed by atoms with Gasteiger partial charge < -0.3 is 0 Å². The lowest BCUT2D eigenvalue weighted by atomic mass is 10.2. The molecular formula is C10H13ClN2O4S. The van der Waals surface area contributed by atoms with Crippen LogP contribution in [0.25, 0.3) is 0 Å². The van der Waals surface area contributed by atoms with Crippen molar-refractivity contribution in [2.45, 2.75) is 17.2 Å². The van der Waals surface area contributed by atoms with E-state index in [1.165, 1.54) is 12.1 Å². The SMILES string of the molecule is Cc1ccc(S(=O)(=O)NCC(Cl)C[N+](=O)[O-])cc1. The number of hydrogen-bond acceptors (Lipinski definition) is 4. The zero-order chi connectivity index (χ0) is 13.8. The highest BCUT2D eigenvalue weighted by atomic mass is 35.5. The van der Waals surface area contributed by atoms with Gasteiger partial charge in [0.05, 0.1) is 4.90 Å². The molecule has 0 amide bonds. The van der Waals surface area contributed by atoms with Gasteiger partial charge >= 0.3 is 0 Å². The van der Waals surface area contributed by atoms with E-state index in [-0.39, 0.29) is 11.4 Å². The third-order valence-electron chi connectivity index (χ3n) is 2.17. The number of alkyl halides is 1. The smallest absolute Gasteiger partial charge is 0.240 e. The summed E-state index contributed by atoms with van der Waals surface area (Å²) in [6.45, 7) is 1.17. The summed E-state index contributed by atoms with van der Waals surface area (Å²) in [7, 11) is -3.66. The molecule has 1 atom stereocenters. The molecule has 100 valence electrons. The van der Waals surface area contributed by atoms with Crippen molar-refractivity contribution in [1.82, 2.24) is 4.72 Å². The molecule has 0 aliphatic heterocycles. The second-order valence-electron chi connectivity index (χ2n) is 3.78. The molecule has 1 aromatic rings. The number of rotatable bonds is 6. The van der Waals surface area contributed by atoms with Crippen molar-refractivity contribution in [2.75, 3.05) is 13.1 Å². The number of hydrogen-bond donors (Lipinski definition) is 1. The summed E-state index contributed by atoms with van der Waals surface area (Å²) in [5.74, 6) is 0. The minimum Gasteiger partial charge on any atom is -0.264 e. The Bertz CT molecular complexity index is 515. The maximum Gasteiger partial charge on any atom is 0.240 e. The molecule has 0 fully saturated rings. The Kier molecular flexibility index (Phi) is 5.06. The first-order valence-corrected chi connectivity index (χ1v) is 7.05. The molecule has 6 nitrogen and oxygen atoms in total. The highest BCUT2D eigenvalue weighted by Gasteiger charge is 2.18. The van der Waals surface area contributed by atoms with Crippen LogP contribution < -0.4 is 4.72 Å². The monoisotopic (exact) mass is 292 g/mol. The van der Waals surface area contributed by atoms with Gasteiger partial charge in [0.1, 0.15) is 5.38 Å². The largest absolute Gasteiger partial charge is 0.264 e. The van der Waals surface area contributed by atoms with E-state index in [1.807, 2.05) is 6.92 Å². The Labute approximate surface area is 110 Å². The molecule has 1 N–H and O–H groups in total. The molecule has 0 bridgehead atoms. The van der Waals surface area contributed by atoms with Crippen molar-refractivity contribution in [3.05, 3.63) is 39.9 Å². The molecule has 0 saturated carbocycles. The van der Waals surface area contributed by atoms with Crippen molar-refractivity contribution in [1.29, 1.82) is 0 Å². The van der Waals surface area contributed by atoms with Gasteiger partial charge in [0.25, 0.3) is 0 Å². The lowest BCUT2D eigenvalue weighted by molar-refractivity contribution is -0.479. The molecule has 1 unspecified atom stereocenters. The van der Waals surface area contributed by atoms with Crippen molar-refractivity contribution < 1.29 is 13.3 Å². The van der Waals surface area contributed by atoms with Gasteiger partial charge in [-0.1, -0.05) is 17.7 Å². The molecule has 8 heteroatoms. The summed E-state index contributed by atoms with van der Waals surface area (Å²) in [5, 5.41) is 9.31. The van der Waals surface area contributed by atoms with E-state index in [0.717, 1.165) is 5.56 Å². The Balaban J connectivity index is 2.65. The molecule has 0 heterocycles. The van der Waals surface area contributed by atoms with E-state index in [2.05, 4.69) is 4.72 Å². The number of nitrogens with zero attached hydrogens (tertiary/aromatic N) is 1. The van der Waals surface area contributed by atoms with Crippen LogP contribution in [0.3, 0.4) is 0 Å². The topological polar surface area (TPSA) is 89.3 Å². The van der Waals surface area contributed by atoms with Crippen molar-refractivity contribution >= 4 is 21.6 Å². The first kappa shape index (κ1) is 14.9. The zero-order valence-electron chi connectivity index (χ0n) is 9.67. The van der Waals surface area contributed by atoms with E-state index in [0.29, 0.717) is 0 Å². The quantitative estimate of drug-likeness (QED) is 0.484. The van der Waals surface area contributed by atoms with Crippen LogP contribution in [0.1, 0.15) is 5.56 Å². The fourth-order valence-electron chi connectivity index (χ4n) is 1.23. The number of halogens is 1. The molecule has 1 rings (SSSR count). The summed E-state index contributed by atoms with van der Waals surface area (Å²) >= 11 is 5.63. The van der Waals surface area contributed by atoms with Crippen molar-refractivity contribution in [3.63, 3.8) is 0 Å². The number of aryl methyl sites for hydroxylation is 1. The normalized spacial score (nSPS) is 13.2. The number of nitrogens with one attached hydrogen (secondary N) is 1. The number of benzene rings is 1. The van der Waals surface area contributed by atoms with Gasteiger partial charge in [0.2, 0.25) is 16.6 Å². The van der Waals surface area contributed by atoms with Crippen molar-refractivity contribution in [3.8, 4) is 0 Å². The van der Waals surface area contributed by atoms with Gasteiger partial charge in [-0.15, -0.1) is 11.6 Å². The second kappa shape index (κ2) is 6.12. The molecule has 1 aromatic carbocycles. The van der Waals surface area contributed by atoms with Gasteiger partial charge in [0.15, 0.2) is 0 Å². The maximum atomic E-state index is 11.8. The van der Waals surface area contributed by atoms with Crippen LogP contribution in [0.2, 0.25) is 0 Å². The van der Waals surface area contributed by atoms with Gasteiger partial charge in [-0.2, -0.15) is 0 Å². The van der Waals surface area contributed by atoms with Gasteiger partial charge in [-0.25, -0.2) is 13.1 Å². The zero-order valence-corrected chi connectivity index (χ0v) is 11.2. The first-order valence-electron chi connectivity index (χ1n) is 5.13. The van der Waals surface area contributed by atoms with Gasteiger partial charge in [-0.3, -0.25) is 10.1 Å². The number of nitro groups is 1. The lowest BCUT2D eigenvalue weighted by Crippen LogP contribution is -2.33. The fraction of sp³-hybridized carbons (Fsp3) is 0.400. The van der Waals surface area contributed by atoms with E-state index >= 15 is 0 Å². The van der Waals surface area contributed by atoms with E-state index < -0.39 is 26.9 Å². The molecule has 0 aliphatic carbocycles. The Hall–Kier alpha value is -1.18. The van der Waals surface area contributed by atoms with Crippen LogP contribution in [0, 0.1) is 17.0 Å². The molecule has 0 aliphatic rings. The predicted molar refractivity (Wildman–Crippen MR) is 67.9 cm³/mol. The highest BCUT2D eigenvalue weighted by molar-refractivity contribution is 7.89. The van der Waals surface area contributed by atoms with Gasteiger partial charge in [-0.05, 0) is 19.1 Å². The number of sulfonamides is 1. The molecule has 0 saturated heterocycles. The van der Waals surface area contributed by atoms with Crippen molar-refractivity contribution in [2.24, 2.45) is 0 Å². The summed E-state index contributed by atoms with van der Waals surface area (Å²) < 4.78 is 25.8. The molecular weight excluding hydrogens is 280 g/mol. The minimum atomic E-state index is -3.66. The standard InChI is InChI=1S/C10H13ClN2O4S/c1-8-2-4-10(5-3-8)18(16,17)12-6-9(11)7-13(14)15/h2-5,9,12H,6-7H2,1H3. The lowest BCUT2D eigenvalue weighted by Gasteiger charge is -2.08. The first-order chi connectivity index (χ1) is 8.31. The van der Waals surface area contributed by atoms with Crippen LogP contribution in [0.5, 0.6) is 0 Å². The van der Waals surface area contributed by atoms with Crippen LogP contribution in [-0.4, -0.2) is 31.8 Å². The van der Waals surface area contributed by atoms with Crippen LogP contribution in [0.4, 0.5) is 0 Å². The van der Waals surface area contributed by atoms with Crippen LogP contribution in [0.15, 0.2) is 29.2 Å². The summed E-state index contributed by atoms with van der Waals surface area (Å²) in [5.41, 5.74) is 0.942. The van der Waals surface area contributed by atoms with E-state index in [9.17, 15) is 18.5 Å². The van der Waals surface area contributed by atoms with Crippen LogP contribution >= 0.6 is 11.6 Å². The maximum absolute atomic E-state index is 11.8. The predicted octanol–water partition coefficient (Wildman–Crippen LogP) is 1.16. The minimum absolute atomic E-state index is 0.109. The summed E-state index contributed by atoms with van der Waals surface area (Å²) in [4.78, 5) is 9.71. The summed E-state index contributed by atoms with van der Waals surface area (Å²) in [6, 6.07) is 6.27. The molecule has 18 heavy (non-hydrogen) atoms. The third-order valence-corrected chi connectivity index (χ3v) is 3.91. The van der Waals surface area contributed by atoms with E-state index in [1.54, 1.807) is 12.1 Å². The third kappa shape index (κ3) is 4.59. The Morgan fingerprint density at radius 1 is 1.39 bits per heavy atom. The fourth-order valence-corrected chi connectivity index (χ4v) is 2.59. The molecule has 0 aromatic heterocycles. The average Bonchev–Trinajstić information content (AvgIpc) is 2.26. The Morgan fingerprint density at radius 3 is 2.44 bits per heavy atom. The summed E-state index contributed by atoms with van der Waals surface area (Å²) in [6.07, 6.45) is 0. The molecule has 0 spiro atoms. The van der Waals surface area contributed by atoms with Gasteiger partial charge in [0, 0.05) is 11.5 Å². The van der Waals surface area contributed by atoms with Crippen LogP contribution in [-0.2, 0) is 10.0 Å². The Morgan fingerprint density at radius 2 is 1.94 bits per heavy atom. The average molecular weight is 293 g/mol. The van der Waals surface area contributed by atoms with E-state index in [4.69, 9.17) is 11.6 Å². The molecule has 0 radical (unpaired) electrons. The second-order valence-corrected chi connectivity index (χ2v) is 6.16.